The number of thiazole rings is 1. The van der Waals surface area contributed by atoms with E-state index in [1.54, 1.807) is 16.0 Å². The fraction of sp³-hybridized carbons (Fsp3) is 0.417. The van der Waals surface area contributed by atoms with E-state index in [-0.39, 0.29) is 5.91 Å². The number of carbonyl (C=O) groups excluding carboxylic acids is 1. The normalized spacial score (nSPS) is 10.7. The summed E-state index contributed by atoms with van der Waals surface area (Å²) in [6.07, 6.45) is 0.304. The van der Waals surface area contributed by atoms with Crippen molar-refractivity contribution in [1.82, 2.24) is 14.8 Å². The van der Waals surface area contributed by atoms with Crippen LogP contribution in [0.1, 0.15) is 22.1 Å². The molecule has 0 unspecified atom stereocenters. The van der Waals surface area contributed by atoms with Crippen LogP contribution in [0.3, 0.4) is 0 Å². The Morgan fingerprint density at radius 3 is 2.67 bits per heavy atom. The molecule has 0 saturated heterocycles. The van der Waals surface area contributed by atoms with Crippen molar-refractivity contribution in [2.75, 3.05) is 5.32 Å². The first kappa shape index (κ1) is 12.8. The molecule has 0 saturated carbocycles. The number of aryl methyl sites for hydroxylation is 3. The van der Waals surface area contributed by atoms with Crippen LogP contribution < -0.4 is 5.32 Å². The third-order valence-electron chi connectivity index (χ3n) is 2.78. The SMILES string of the molecule is Cc1nc(CC(=O)Nc2c(C)nn(C)c2C)cs1. The highest BCUT2D eigenvalue weighted by atomic mass is 32.1. The maximum absolute atomic E-state index is 11.9. The van der Waals surface area contributed by atoms with E-state index >= 15 is 0 Å². The molecular weight excluding hydrogens is 248 g/mol. The van der Waals surface area contributed by atoms with E-state index in [2.05, 4.69) is 15.4 Å². The number of anilines is 1. The second-order valence-electron chi connectivity index (χ2n) is 4.25. The number of nitrogens with zero attached hydrogens (tertiary/aromatic N) is 3. The topological polar surface area (TPSA) is 59.8 Å². The molecule has 0 aliphatic rings. The van der Waals surface area contributed by atoms with Crippen LogP contribution in [-0.4, -0.2) is 20.7 Å². The molecule has 2 heterocycles. The molecule has 2 rings (SSSR count). The van der Waals surface area contributed by atoms with Crippen molar-refractivity contribution in [1.29, 1.82) is 0 Å². The summed E-state index contributed by atoms with van der Waals surface area (Å²) in [5.41, 5.74) is 3.40. The molecule has 18 heavy (non-hydrogen) atoms. The van der Waals surface area contributed by atoms with Gasteiger partial charge >= 0.3 is 0 Å². The van der Waals surface area contributed by atoms with Gasteiger partial charge in [-0.15, -0.1) is 11.3 Å². The first-order valence-electron chi connectivity index (χ1n) is 5.68. The number of nitrogens with one attached hydrogen (secondary N) is 1. The molecule has 0 atom stereocenters. The molecule has 0 aliphatic heterocycles. The number of rotatable bonds is 3. The van der Waals surface area contributed by atoms with Gasteiger partial charge in [0, 0.05) is 12.4 Å². The van der Waals surface area contributed by atoms with Crippen LogP contribution in [0.5, 0.6) is 0 Å². The van der Waals surface area contributed by atoms with Gasteiger partial charge in [-0.1, -0.05) is 0 Å². The summed E-state index contributed by atoms with van der Waals surface area (Å²) in [5, 5.41) is 10.1. The predicted molar refractivity (Wildman–Crippen MR) is 71.9 cm³/mol. The maximum atomic E-state index is 11.9. The average molecular weight is 264 g/mol. The summed E-state index contributed by atoms with van der Waals surface area (Å²) < 4.78 is 1.76. The van der Waals surface area contributed by atoms with Gasteiger partial charge in [-0.25, -0.2) is 4.98 Å². The molecule has 2 aromatic rings. The third-order valence-corrected chi connectivity index (χ3v) is 3.60. The van der Waals surface area contributed by atoms with Crippen molar-refractivity contribution in [3.8, 4) is 0 Å². The minimum Gasteiger partial charge on any atom is -0.323 e. The Balaban J connectivity index is 2.07. The molecule has 0 fully saturated rings. The zero-order chi connectivity index (χ0) is 13.3. The Bertz CT molecular complexity index is 585. The van der Waals surface area contributed by atoms with Gasteiger partial charge in [-0.3, -0.25) is 9.48 Å². The molecule has 1 amide bonds. The standard InChI is InChI=1S/C12H16N4OS/c1-7-12(8(2)16(4)15-7)14-11(17)5-10-6-18-9(3)13-10/h6H,5H2,1-4H3,(H,14,17). The van der Waals surface area contributed by atoms with Gasteiger partial charge in [0.15, 0.2) is 0 Å². The second kappa shape index (κ2) is 4.89. The average Bonchev–Trinajstić information content (AvgIpc) is 2.78. The number of amides is 1. The van der Waals surface area contributed by atoms with E-state index in [1.165, 1.54) is 0 Å². The predicted octanol–water partition coefficient (Wildman–Crippen LogP) is 1.98. The Labute approximate surface area is 110 Å². The lowest BCUT2D eigenvalue weighted by Crippen LogP contribution is -2.15. The molecule has 0 spiro atoms. The summed E-state index contributed by atoms with van der Waals surface area (Å²) in [6.45, 7) is 5.75. The van der Waals surface area contributed by atoms with E-state index in [0.29, 0.717) is 6.42 Å². The molecule has 6 heteroatoms. The molecule has 0 bridgehead atoms. The summed E-state index contributed by atoms with van der Waals surface area (Å²) in [7, 11) is 1.86. The van der Waals surface area contributed by atoms with E-state index in [9.17, 15) is 4.79 Å². The summed E-state index contributed by atoms with van der Waals surface area (Å²) >= 11 is 1.56. The molecule has 0 radical (unpaired) electrons. The van der Waals surface area contributed by atoms with Gasteiger partial charge in [0.05, 0.1) is 34.2 Å². The molecule has 5 nitrogen and oxygen atoms in total. The van der Waals surface area contributed by atoms with Crippen LogP contribution in [0, 0.1) is 20.8 Å². The largest absolute Gasteiger partial charge is 0.323 e. The van der Waals surface area contributed by atoms with Crippen molar-refractivity contribution < 1.29 is 4.79 Å². The molecule has 0 aromatic carbocycles. The van der Waals surface area contributed by atoms with Crippen LogP contribution in [-0.2, 0) is 18.3 Å². The van der Waals surface area contributed by atoms with Gasteiger partial charge in [0.2, 0.25) is 5.91 Å². The maximum Gasteiger partial charge on any atom is 0.230 e. The zero-order valence-electron chi connectivity index (χ0n) is 10.9. The molecule has 2 aromatic heterocycles. The second-order valence-corrected chi connectivity index (χ2v) is 5.31. The Hall–Kier alpha value is -1.69. The first-order valence-corrected chi connectivity index (χ1v) is 6.56. The van der Waals surface area contributed by atoms with E-state index in [4.69, 9.17) is 0 Å². The summed E-state index contributed by atoms with van der Waals surface area (Å²) in [6, 6.07) is 0. The van der Waals surface area contributed by atoms with Crippen molar-refractivity contribution >= 4 is 22.9 Å². The lowest BCUT2D eigenvalue weighted by atomic mass is 10.2. The van der Waals surface area contributed by atoms with Gasteiger partial charge in [0.1, 0.15) is 0 Å². The van der Waals surface area contributed by atoms with Crippen LogP contribution in [0.15, 0.2) is 5.38 Å². The fourth-order valence-electron chi connectivity index (χ4n) is 1.79. The Morgan fingerprint density at radius 2 is 2.17 bits per heavy atom. The van der Waals surface area contributed by atoms with Gasteiger partial charge < -0.3 is 5.32 Å². The minimum absolute atomic E-state index is 0.0560. The van der Waals surface area contributed by atoms with Crippen molar-refractivity contribution in [2.24, 2.45) is 7.05 Å². The van der Waals surface area contributed by atoms with Crippen LogP contribution in [0.4, 0.5) is 5.69 Å². The van der Waals surface area contributed by atoms with Gasteiger partial charge in [-0.2, -0.15) is 5.10 Å². The van der Waals surface area contributed by atoms with Crippen LogP contribution in [0.25, 0.3) is 0 Å². The van der Waals surface area contributed by atoms with E-state index in [0.717, 1.165) is 27.8 Å². The van der Waals surface area contributed by atoms with Gasteiger partial charge in [-0.05, 0) is 20.8 Å². The Morgan fingerprint density at radius 1 is 1.44 bits per heavy atom. The quantitative estimate of drug-likeness (QED) is 0.922. The summed E-state index contributed by atoms with van der Waals surface area (Å²) in [5.74, 6) is -0.0560. The number of hydrogen-bond donors (Lipinski definition) is 1. The first-order chi connectivity index (χ1) is 8.47. The Kier molecular flexibility index (Phi) is 3.47. The molecule has 0 aliphatic carbocycles. The third kappa shape index (κ3) is 2.59. The van der Waals surface area contributed by atoms with Crippen molar-refractivity contribution in [3.05, 3.63) is 27.5 Å². The number of hydrogen-bond acceptors (Lipinski definition) is 4. The smallest absolute Gasteiger partial charge is 0.230 e. The lowest BCUT2D eigenvalue weighted by Gasteiger charge is -2.04. The minimum atomic E-state index is -0.0560. The van der Waals surface area contributed by atoms with E-state index in [1.807, 2.05) is 33.2 Å². The monoisotopic (exact) mass is 264 g/mol. The van der Waals surface area contributed by atoms with Crippen molar-refractivity contribution in [2.45, 2.75) is 27.2 Å². The molecule has 96 valence electrons. The van der Waals surface area contributed by atoms with Crippen LogP contribution in [0.2, 0.25) is 0 Å². The molecular formula is C12H16N4OS. The van der Waals surface area contributed by atoms with Crippen LogP contribution >= 0.6 is 11.3 Å². The summed E-state index contributed by atoms with van der Waals surface area (Å²) in [4.78, 5) is 16.2. The number of aromatic nitrogens is 3. The highest BCUT2D eigenvalue weighted by Gasteiger charge is 2.13. The number of carbonyl (C=O) groups is 1. The van der Waals surface area contributed by atoms with E-state index < -0.39 is 0 Å². The highest BCUT2D eigenvalue weighted by molar-refractivity contribution is 7.09. The lowest BCUT2D eigenvalue weighted by molar-refractivity contribution is -0.115. The van der Waals surface area contributed by atoms with Crippen molar-refractivity contribution in [3.63, 3.8) is 0 Å². The van der Waals surface area contributed by atoms with Gasteiger partial charge in [0.25, 0.3) is 0 Å². The fourth-order valence-corrected chi connectivity index (χ4v) is 2.40. The highest BCUT2D eigenvalue weighted by Crippen LogP contribution is 2.18. The molecule has 1 N–H and O–H groups in total. The zero-order valence-corrected chi connectivity index (χ0v) is 11.8.